The quantitative estimate of drug-likeness (QED) is 0.614. The summed E-state index contributed by atoms with van der Waals surface area (Å²) in [5, 5.41) is 12.0. The van der Waals surface area contributed by atoms with E-state index in [9.17, 15) is 9.18 Å². The molecule has 1 unspecified atom stereocenters. The van der Waals surface area contributed by atoms with Gasteiger partial charge in [-0.05, 0) is 44.9 Å². The van der Waals surface area contributed by atoms with Gasteiger partial charge in [-0.25, -0.2) is 9.18 Å². The molecule has 148 valence electrons. The zero-order valence-corrected chi connectivity index (χ0v) is 16.8. The highest BCUT2D eigenvalue weighted by molar-refractivity contribution is 7.80. The van der Waals surface area contributed by atoms with Crippen LogP contribution in [0, 0.1) is 17.1 Å². The number of piperidine rings is 1. The summed E-state index contributed by atoms with van der Waals surface area (Å²) in [5.74, 6) is -0.369. The molecule has 8 heteroatoms. The van der Waals surface area contributed by atoms with Gasteiger partial charge in [0.25, 0.3) is 0 Å². The van der Waals surface area contributed by atoms with Crippen molar-refractivity contribution in [2.45, 2.75) is 32.8 Å². The van der Waals surface area contributed by atoms with E-state index in [0.29, 0.717) is 42.5 Å². The first-order valence-electron chi connectivity index (χ1n) is 9.25. The number of cyclic esters (lactones) is 1. The zero-order valence-electron chi connectivity index (χ0n) is 16.0. The molecule has 2 aliphatic heterocycles. The predicted molar refractivity (Wildman–Crippen MR) is 110 cm³/mol. The van der Waals surface area contributed by atoms with Crippen molar-refractivity contribution in [1.82, 2.24) is 5.32 Å². The Morgan fingerprint density at radius 2 is 2.11 bits per heavy atom. The number of thiocarbonyl (C=S) groups is 1. The molecule has 0 saturated carbocycles. The van der Waals surface area contributed by atoms with E-state index in [1.807, 2.05) is 11.8 Å². The molecule has 2 heterocycles. The number of anilines is 2. The second kappa shape index (κ2) is 8.57. The van der Waals surface area contributed by atoms with Gasteiger partial charge in [-0.15, -0.1) is 0 Å². The number of carbonyl (C=O) groups is 1. The normalized spacial score (nSPS) is 19.3. The number of nitrogens with zero attached hydrogens (tertiary/aromatic N) is 3. The average Bonchev–Trinajstić information content (AvgIpc) is 3.06. The number of hydrogen-bond acceptors (Lipinski definition) is 5. The highest BCUT2D eigenvalue weighted by Gasteiger charge is 2.32. The van der Waals surface area contributed by atoms with Crippen LogP contribution >= 0.6 is 12.2 Å². The zero-order chi connectivity index (χ0) is 20.3. The van der Waals surface area contributed by atoms with Crippen molar-refractivity contribution >= 4 is 34.7 Å². The third-order valence-corrected chi connectivity index (χ3v) is 5.25. The van der Waals surface area contributed by atoms with Crippen LogP contribution in [0.4, 0.5) is 20.6 Å². The molecule has 2 aliphatic rings. The molecule has 6 nitrogen and oxygen atoms in total. The lowest BCUT2D eigenvalue weighted by Crippen LogP contribution is -2.33. The van der Waals surface area contributed by atoms with Crippen LogP contribution in [0.3, 0.4) is 0 Å². The molecule has 0 aromatic heterocycles. The van der Waals surface area contributed by atoms with E-state index in [1.54, 1.807) is 19.1 Å². The van der Waals surface area contributed by atoms with Gasteiger partial charge in [0, 0.05) is 18.7 Å². The van der Waals surface area contributed by atoms with Crippen LogP contribution in [0.15, 0.2) is 29.3 Å². The van der Waals surface area contributed by atoms with E-state index < -0.39 is 6.09 Å². The van der Waals surface area contributed by atoms with E-state index in [2.05, 4.69) is 11.4 Å². The fourth-order valence-corrected chi connectivity index (χ4v) is 3.57. The summed E-state index contributed by atoms with van der Waals surface area (Å²) in [7, 11) is 0. The summed E-state index contributed by atoms with van der Waals surface area (Å²) in [5.41, 5.74) is 2.89. The monoisotopic (exact) mass is 402 g/mol. The largest absolute Gasteiger partial charge is 0.442 e. The lowest BCUT2D eigenvalue weighted by molar-refractivity contribution is 0.143. The lowest BCUT2D eigenvalue weighted by Gasteiger charge is -2.31. The minimum Gasteiger partial charge on any atom is -0.442 e. The molecule has 0 bridgehead atoms. The number of ether oxygens (including phenoxy) is 1. The van der Waals surface area contributed by atoms with Gasteiger partial charge in [-0.3, -0.25) is 4.90 Å². The Balaban J connectivity index is 1.67. The van der Waals surface area contributed by atoms with Gasteiger partial charge in [0.2, 0.25) is 0 Å². The first kappa shape index (κ1) is 20.1. The predicted octanol–water partition coefficient (Wildman–Crippen LogP) is 3.53. The maximum absolute atomic E-state index is 14.8. The number of nitriles is 1. The van der Waals surface area contributed by atoms with E-state index in [4.69, 9.17) is 22.2 Å². The molecule has 0 radical (unpaired) electrons. The average molecular weight is 402 g/mol. The molecule has 28 heavy (non-hydrogen) atoms. The van der Waals surface area contributed by atoms with Crippen molar-refractivity contribution in [3.05, 3.63) is 35.2 Å². The highest BCUT2D eigenvalue weighted by Crippen LogP contribution is 2.30. The molecule has 1 amide bonds. The maximum atomic E-state index is 14.8. The van der Waals surface area contributed by atoms with Gasteiger partial charge < -0.3 is 15.0 Å². The molecule has 1 N–H and O–H groups in total. The van der Waals surface area contributed by atoms with Gasteiger partial charge >= 0.3 is 6.09 Å². The van der Waals surface area contributed by atoms with Crippen molar-refractivity contribution in [3.8, 4) is 6.07 Å². The number of nitrogens with one attached hydrogen (secondary N) is 1. The highest BCUT2D eigenvalue weighted by atomic mass is 32.1. The summed E-state index contributed by atoms with van der Waals surface area (Å²) in [6.07, 6.45) is 0.699. The molecule has 1 aromatic carbocycles. The van der Waals surface area contributed by atoms with Gasteiger partial charge in [0.05, 0.1) is 35.5 Å². The number of carbonyl (C=O) groups excluding carboxylic acids is 1. The number of benzene rings is 1. The van der Waals surface area contributed by atoms with Gasteiger partial charge in [0.1, 0.15) is 11.9 Å². The van der Waals surface area contributed by atoms with Crippen LogP contribution in [-0.2, 0) is 4.74 Å². The van der Waals surface area contributed by atoms with E-state index >= 15 is 0 Å². The maximum Gasteiger partial charge on any atom is 0.414 e. The Hall–Kier alpha value is -2.66. The Morgan fingerprint density at radius 1 is 1.39 bits per heavy atom. The molecule has 1 aromatic rings. The molecular formula is C20H23FN4O2S. The van der Waals surface area contributed by atoms with E-state index in [0.717, 1.165) is 24.0 Å². The number of amides is 1. The topological polar surface area (TPSA) is 68.6 Å². The molecule has 0 spiro atoms. The smallest absolute Gasteiger partial charge is 0.414 e. The van der Waals surface area contributed by atoms with Crippen LogP contribution in [0.25, 0.3) is 0 Å². The number of allylic oxidation sites excluding steroid dienone is 1. The minimum absolute atomic E-state index is 0.330. The third kappa shape index (κ3) is 4.42. The van der Waals surface area contributed by atoms with Gasteiger partial charge in [0.15, 0.2) is 0 Å². The van der Waals surface area contributed by atoms with Crippen LogP contribution < -0.4 is 15.1 Å². The van der Waals surface area contributed by atoms with Crippen molar-refractivity contribution in [1.29, 1.82) is 5.26 Å². The number of rotatable bonds is 4. The Bertz CT molecular complexity index is 854. The van der Waals surface area contributed by atoms with Crippen molar-refractivity contribution in [2.24, 2.45) is 0 Å². The molecule has 3 rings (SSSR count). The summed E-state index contributed by atoms with van der Waals surface area (Å²) in [4.78, 5) is 16.2. The van der Waals surface area contributed by atoms with Crippen LogP contribution in [0.2, 0.25) is 0 Å². The van der Waals surface area contributed by atoms with Gasteiger partial charge in [-0.2, -0.15) is 5.26 Å². The van der Waals surface area contributed by atoms with E-state index in [1.165, 1.54) is 11.0 Å². The molecule has 1 atom stereocenters. The lowest BCUT2D eigenvalue weighted by atomic mass is 9.99. The molecule has 2 fully saturated rings. The molecule has 2 saturated heterocycles. The minimum atomic E-state index is -0.485. The summed E-state index contributed by atoms with van der Waals surface area (Å²) in [6, 6.07) is 7.01. The first-order valence-corrected chi connectivity index (χ1v) is 9.65. The second-order valence-corrected chi connectivity index (χ2v) is 7.63. The third-order valence-electron chi connectivity index (χ3n) is 5.10. The summed E-state index contributed by atoms with van der Waals surface area (Å²) >= 11 is 4.97. The van der Waals surface area contributed by atoms with E-state index in [-0.39, 0.29) is 11.9 Å². The summed E-state index contributed by atoms with van der Waals surface area (Å²) < 4.78 is 20.1. The molecular weight excluding hydrogens is 379 g/mol. The SMILES string of the molecule is CC(=S)NCC1CN(c2ccc(N3CCC(=C(C)C#N)CC3)c(F)c2)C(=O)O1. The Kier molecular flexibility index (Phi) is 6.15. The molecule has 0 aliphatic carbocycles. The first-order chi connectivity index (χ1) is 13.4. The van der Waals surface area contributed by atoms with Crippen molar-refractivity contribution < 1.29 is 13.9 Å². The Labute approximate surface area is 169 Å². The Morgan fingerprint density at radius 3 is 2.71 bits per heavy atom. The van der Waals surface area contributed by atoms with Crippen molar-refractivity contribution in [3.63, 3.8) is 0 Å². The van der Waals surface area contributed by atoms with Gasteiger partial charge in [-0.1, -0.05) is 17.8 Å². The second-order valence-electron chi connectivity index (χ2n) is 7.02. The van der Waals surface area contributed by atoms with Crippen LogP contribution in [-0.4, -0.2) is 43.4 Å². The van der Waals surface area contributed by atoms with Crippen LogP contribution in [0.5, 0.6) is 0 Å². The van der Waals surface area contributed by atoms with Crippen molar-refractivity contribution in [2.75, 3.05) is 36.0 Å². The fraction of sp³-hybridized carbons (Fsp3) is 0.450. The number of hydrogen-bond donors (Lipinski definition) is 1. The number of halogens is 1. The standard InChI is InChI=1S/C20H23FN4O2S/c1-13(10-22)15-5-7-24(8-6-15)19-4-3-16(9-18(19)21)25-12-17(27-20(25)26)11-23-14(2)28/h3-4,9,17H,5-8,11-12H2,1-2H3,(H,23,28). The fourth-order valence-electron chi connectivity index (χ4n) is 3.49. The summed E-state index contributed by atoms with van der Waals surface area (Å²) in [6.45, 7) is 5.70. The van der Waals surface area contributed by atoms with Crippen LogP contribution in [0.1, 0.15) is 26.7 Å².